The summed E-state index contributed by atoms with van der Waals surface area (Å²) in [5.41, 5.74) is 0. The van der Waals surface area contributed by atoms with Crippen LogP contribution in [0.5, 0.6) is 0 Å². The first kappa shape index (κ1) is 16.5. The summed E-state index contributed by atoms with van der Waals surface area (Å²) < 4.78 is 39.1. The van der Waals surface area contributed by atoms with Gasteiger partial charge in [0.25, 0.3) is 0 Å². The van der Waals surface area contributed by atoms with E-state index in [4.69, 9.17) is 0 Å². The Labute approximate surface area is 127 Å². The first-order valence-electron chi connectivity index (χ1n) is 6.89. The van der Waals surface area contributed by atoms with Crippen molar-refractivity contribution in [3.8, 4) is 0 Å². The van der Waals surface area contributed by atoms with Gasteiger partial charge >= 0.3 is 6.18 Å². The lowest BCUT2D eigenvalue weighted by Gasteiger charge is -2.20. The average Bonchev–Trinajstić information content (AvgIpc) is 2.81. The van der Waals surface area contributed by atoms with Crippen molar-refractivity contribution in [2.24, 2.45) is 11.8 Å². The molecule has 1 aromatic heterocycles. The summed E-state index contributed by atoms with van der Waals surface area (Å²) in [6, 6.07) is 5.00. The standard InChI is InChI=1S/C14H19F3N4O/c1-20(2)12-6-4-5-11(18-12)19-13(22)9-7-21(3)8-10(9)14(15,16)17/h4-6,9-10H,7-8H2,1-3H3,(H,18,19,22)/t9-,10-/m1/s1. The van der Waals surface area contributed by atoms with E-state index in [1.807, 2.05) is 0 Å². The van der Waals surface area contributed by atoms with Gasteiger partial charge in [-0.15, -0.1) is 0 Å². The molecule has 1 aliphatic heterocycles. The molecule has 2 heterocycles. The highest BCUT2D eigenvalue weighted by Gasteiger charge is 2.51. The van der Waals surface area contributed by atoms with Crippen LogP contribution in [0.2, 0.25) is 0 Å². The molecule has 2 rings (SSSR count). The molecule has 0 radical (unpaired) electrons. The van der Waals surface area contributed by atoms with E-state index in [9.17, 15) is 18.0 Å². The lowest BCUT2D eigenvalue weighted by molar-refractivity contribution is -0.182. The molecule has 0 bridgehead atoms. The fraction of sp³-hybridized carbons (Fsp3) is 0.571. The predicted molar refractivity (Wildman–Crippen MR) is 77.7 cm³/mol. The lowest BCUT2D eigenvalue weighted by atomic mass is 9.94. The second-order valence-electron chi connectivity index (χ2n) is 5.74. The zero-order valence-electron chi connectivity index (χ0n) is 12.7. The molecular formula is C14H19F3N4O. The number of hydrogen-bond acceptors (Lipinski definition) is 4. The van der Waals surface area contributed by atoms with Gasteiger partial charge in [0.2, 0.25) is 5.91 Å². The predicted octanol–water partition coefficient (Wildman–Crippen LogP) is 1.83. The van der Waals surface area contributed by atoms with Crippen molar-refractivity contribution >= 4 is 17.5 Å². The number of nitrogens with zero attached hydrogens (tertiary/aromatic N) is 3. The van der Waals surface area contributed by atoms with Crippen molar-refractivity contribution in [2.45, 2.75) is 6.18 Å². The van der Waals surface area contributed by atoms with Crippen LogP contribution in [-0.4, -0.2) is 56.2 Å². The average molecular weight is 316 g/mol. The van der Waals surface area contributed by atoms with E-state index in [0.717, 1.165) is 0 Å². The SMILES string of the molecule is CN1C[C@@H](C(F)(F)F)[C@H](C(=O)Nc2cccc(N(C)C)n2)C1. The van der Waals surface area contributed by atoms with Crippen LogP contribution in [-0.2, 0) is 4.79 Å². The number of hydrogen-bond donors (Lipinski definition) is 1. The molecule has 0 aromatic carbocycles. The molecule has 0 spiro atoms. The molecule has 122 valence electrons. The molecule has 22 heavy (non-hydrogen) atoms. The number of likely N-dealkylation sites (tertiary alicyclic amines) is 1. The van der Waals surface area contributed by atoms with Gasteiger partial charge in [0.15, 0.2) is 0 Å². The fourth-order valence-corrected chi connectivity index (χ4v) is 2.56. The molecule has 5 nitrogen and oxygen atoms in total. The third-order valence-corrected chi connectivity index (χ3v) is 3.70. The van der Waals surface area contributed by atoms with Crippen LogP contribution in [0, 0.1) is 11.8 Å². The largest absolute Gasteiger partial charge is 0.393 e. The van der Waals surface area contributed by atoms with Crippen molar-refractivity contribution in [1.82, 2.24) is 9.88 Å². The first-order valence-corrected chi connectivity index (χ1v) is 6.89. The van der Waals surface area contributed by atoms with E-state index >= 15 is 0 Å². The third kappa shape index (κ3) is 3.68. The minimum atomic E-state index is -4.38. The quantitative estimate of drug-likeness (QED) is 0.924. The highest BCUT2D eigenvalue weighted by Crippen LogP contribution is 2.37. The van der Waals surface area contributed by atoms with Crippen molar-refractivity contribution in [2.75, 3.05) is 44.4 Å². The monoisotopic (exact) mass is 316 g/mol. The summed E-state index contributed by atoms with van der Waals surface area (Å²) in [5, 5.41) is 2.50. The van der Waals surface area contributed by atoms with Gasteiger partial charge in [0.1, 0.15) is 11.6 Å². The van der Waals surface area contributed by atoms with Gasteiger partial charge in [-0.1, -0.05) is 6.07 Å². The Bertz CT molecular complexity index is 547. The van der Waals surface area contributed by atoms with Crippen molar-refractivity contribution in [1.29, 1.82) is 0 Å². The number of alkyl halides is 3. The van der Waals surface area contributed by atoms with Gasteiger partial charge in [-0.2, -0.15) is 13.2 Å². The Morgan fingerprint density at radius 3 is 2.64 bits per heavy atom. The number of anilines is 2. The topological polar surface area (TPSA) is 48.5 Å². The van der Waals surface area contributed by atoms with E-state index in [2.05, 4.69) is 10.3 Å². The normalized spacial score (nSPS) is 22.6. The molecule has 1 aliphatic rings. The zero-order chi connectivity index (χ0) is 16.5. The molecule has 8 heteroatoms. The van der Waals surface area contributed by atoms with Crippen LogP contribution < -0.4 is 10.2 Å². The second kappa shape index (κ2) is 6.12. The molecule has 1 saturated heterocycles. The van der Waals surface area contributed by atoms with Gasteiger partial charge in [0, 0.05) is 27.2 Å². The van der Waals surface area contributed by atoms with Crippen LogP contribution in [0.25, 0.3) is 0 Å². The molecule has 0 unspecified atom stereocenters. The number of halogens is 3. The Morgan fingerprint density at radius 1 is 1.36 bits per heavy atom. The number of aromatic nitrogens is 1. The van der Waals surface area contributed by atoms with Crippen LogP contribution in [0.3, 0.4) is 0 Å². The van der Waals surface area contributed by atoms with Crippen molar-refractivity contribution < 1.29 is 18.0 Å². The first-order chi connectivity index (χ1) is 10.2. The molecular weight excluding hydrogens is 297 g/mol. The van der Waals surface area contributed by atoms with E-state index in [-0.39, 0.29) is 18.9 Å². The Hall–Kier alpha value is -1.83. The van der Waals surface area contributed by atoms with E-state index in [1.54, 1.807) is 44.2 Å². The number of rotatable bonds is 3. The van der Waals surface area contributed by atoms with Crippen molar-refractivity contribution in [3.63, 3.8) is 0 Å². The summed E-state index contributed by atoms with van der Waals surface area (Å²) in [6.07, 6.45) is -4.38. The molecule has 1 amide bonds. The van der Waals surface area contributed by atoms with Crippen LogP contribution >= 0.6 is 0 Å². The number of pyridine rings is 1. The van der Waals surface area contributed by atoms with Gasteiger partial charge in [-0.05, 0) is 19.2 Å². The molecule has 1 N–H and O–H groups in total. The summed E-state index contributed by atoms with van der Waals surface area (Å²) >= 11 is 0. The van der Waals surface area contributed by atoms with Gasteiger partial charge in [0.05, 0.1) is 11.8 Å². The summed E-state index contributed by atoms with van der Waals surface area (Å²) in [7, 11) is 5.16. The molecule has 0 saturated carbocycles. The molecule has 1 aromatic rings. The molecule has 2 atom stereocenters. The van der Waals surface area contributed by atoms with Crippen LogP contribution in [0.1, 0.15) is 0 Å². The minimum absolute atomic E-state index is 0.0867. The third-order valence-electron chi connectivity index (χ3n) is 3.70. The maximum absolute atomic E-state index is 13.0. The number of carbonyl (C=O) groups excluding carboxylic acids is 1. The van der Waals surface area contributed by atoms with E-state index in [0.29, 0.717) is 5.82 Å². The zero-order valence-corrected chi connectivity index (χ0v) is 12.7. The highest BCUT2D eigenvalue weighted by atomic mass is 19.4. The smallest absolute Gasteiger partial charge is 0.363 e. The summed E-state index contributed by atoms with van der Waals surface area (Å²) in [4.78, 5) is 19.7. The van der Waals surface area contributed by atoms with E-state index in [1.165, 1.54) is 4.90 Å². The second-order valence-corrected chi connectivity index (χ2v) is 5.74. The lowest BCUT2D eigenvalue weighted by Crippen LogP contribution is -2.36. The molecule has 1 fully saturated rings. The molecule has 0 aliphatic carbocycles. The van der Waals surface area contributed by atoms with Crippen LogP contribution in [0.4, 0.5) is 24.8 Å². The van der Waals surface area contributed by atoms with Gasteiger partial charge in [-0.25, -0.2) is 4.98 Å². The van der Waals surface area contributed by atoms with Gasteiger partial charge < -0.3 is 15.1 Å². The van der Waals surface area contributed by atoms with Crippen molar-refractivity contribution in [3.05, 3.63) is 18.2 Å². The highest BCUT2D eigenvalue weighted by molar-refractivity contribution is 5.92. The van der Waals surface area contributed by atoms with E-state index < -0.39 is 23.9 Å². The minimum Gasteiger partial charge on any atom is -0.363 e. The maximum atomic E-state index is 13.0. The number of carbonyl (C=O) groups is 1. The number of nitrogens with one attached hydrogen (secondary N) is 1. The van der Waals surface area contributed by atoms with Gasteiger partial charge in [-0.3, -0.25) is 4.79 Å². The summed E-state index contributed by atoms with van der Waals surface area (Å²) in [5.74, 6) is -2.53. The Morgan fingerprint density at radius 2 is 2.05 bits per heavy atom. The fourth-order valence-electron chi connectivity index (χ4n) is 2.56. The summed E-state index contributed by atoms with van der Waals surface area (Å²) in [6.45, 7) is -0.0733. The van der Waals surface area contributed by atoms with Crippen LogP contribution in [0.15, 0.2) is 18.2 Å². The Kier molecular flexibility index (Phi) is 4.60. The maximum Gasteiger partial charge on any atom is 0.393 e. The Balaban J connectivity index is 2.13. The number of amides is 1.